The smallest absolute Gasteiger partial charge is 0.351 e. The number of aromatic nitrogens is 4. The summed E-state index contributed by atoms with van der Waals surface area (Å²) in [5.74, 6) is 0.243. The molecule has 1 aromatic heterocycles. The molecule has 0 saturated heterocycles. The Morgan fingerprint density at radius 1 is 1.30 bits per heavy atom. The summed E-state index contributed by atoms with van der Waals surface area (Å²) in [6, 6.07) is 4.14. The van der Waals surface area contributed by atoms with Crippen LogP contribution >= 0.6 is 0 Å². The molecular formula is C18H22F3N5O. The van der Waals surface area contributed by atoms with Gasteiger partial charge in [-0.2, -0.15) is 18.0 Å². The number of hydrogen-bond acceptors (Lipinski definition) is 4. The molecule has 1 amide bonds. The lowest BCUT2D eigenvalue weighted by Crippen LogP contribution is -2.44. The fourth-order valence-electron chi connectivity index (χ4n) is 3.28. The van der Waals surface area contributed by atoms with Crippen molar-refractivity contribution >= 4 is 5.91 Å². The van der Waals surface area contributed by atoms with Crippen molar-refractivity contribution < 1.29 is 18.0 Å². The molecule has 1 aliphatic carbocycles. The van der Waals surface area contributed by atoms with Crippen LogP contribution in [0, 0.1) is 5.92 Å². The molecule has 1 N–H and O–H groups in total. The van der Waals surface area contributed by atoms with Gasteiger partial charge in [0.25, 0.3) is 0 Å². The van der Waals surface area contributed by atoms with Gasteiger partial charge in [0.05, 0.1) is 5.56 Å². The topological polar surface area (TPSA) is 72.7 Å². The fourth-order valence-corrected chi connectivity index (χ4v) is 3.28. The van der Waals surface area contributed by atoms with E-state index in [2.05, 4.69) is 27.7 Å². The summed E-state index contributed by atoms with van der Waals surface area (Å²) in [5, 5.41) is 14.8. The van der Waals surface area contributed by atoms with Crippen LogP contribution in [0.3, 0.4) is 0 Å². The molecule has 3 unspecified atom stereocenters. The zero-order valence-corrected chi connectivity index (χ0v) is 15.2. The Labute approximate surface area is 155 Å². The lowest BCUT2D eigenvalue weighted by molar-refractivity contribution is -0.137. The molecule has 27 heavy (non-hydrogen) atoms. The summed E-state index contributed by atoms with van der Waals surface area (Å²) in [6.07, 6.45) is -0.157. The Bertz CT molecular complexity index is 804. The Morgan fingerprint density at radius 3 is 2.74 bits per heavy atom. The number of benzene rings is 1. The van der Waals surface area contributed by atoms with Crippen LogP contribution in [0.15, 0.2) is 24.3 Å². The van der Waals surface area contributed by atoms with Gasteiger partial charge >= 0.3 is 6.18 Å². The molecule has 9 heteroatoms. The molecule has 6 nitrogen and oxygen atoms in total. The Hall–Kier alpha value is -2.45. The third-order valence-electron chi connectivity index (χ3n) is 5.04. The average Bonchev–Trinajstić information content (AvgIpc) is 3.12. The first-order valence-corrected chi connectivity index (χ1v) is 9.03. The van der Waals surface area contributed by atoms with E-state index < -0.39 is 17.8 Å². The predicted octanol–water partition coefficient (Wildman–Crippen LogP) is 3.61. The van der Waals surface area contributed by atoms with Crippen molar-refractivity contribution in [3.05, 3.63) is 29.8 Å². The second-order valence-corrected chi connectivity index (χ2v) is 7.06. The van der Waals surface area contributed by atoms with E-state index in [-0.39, 0.29) is 23.3 Å². The summed E-state index contributed by atoms with van der Waals surface area (Å²) >= 11 is 0. The van der Waals surface area contributed by atoms with E-state index in [1.54, 1.807) is 6.92 Å². The highest BCUT2D eigenvalue weighted by molar-refractivity contribution is 5.80. The van der Waals surface area contributed by atoms with E-state index >= 15 is 0 Å². The van der Waals surface area contributed by atoms with E-state index in [1.165, 1.54) is 18.6 Å². The summed E-state index contributed by atoms with van der Waals surface area (Å²) in [5.41, 5.74) is -0.585. The number of hydrogen-bond donors (Lipinski definition) is 1. The van der Waals surface area contributed by atoms with Crippen LogP contribution in [-0.4, -0.2) is 32.2 Å². The van der Waals surface area contributed by atoms with E-state index in [1.807, 2.05) is 0 Å². The predicted molar refractivity (Wildman–Crippen MR) is 92.5 cm³/mol. The summed E-state index contributed by atoms with van der Waals surface area (Å²) < 4.78 is 38.6. The zero-order valence-electron chi connectivity index (χ0n) is 15.2. The van der Waals surface area contributed by atoms with Crippen LogP contribution in [0.1, 0.15) is 51.1 Å². The first-order chi connectivity index (χ1) is 12.8. The standard InChI is InChI=1S/C18H22F3N5O/c1-11-6-3-4-9-15(11)22-17(27)12(2)26-24-16(23-25-26)13-7-5-8-14(10-13)18(19,20)21/h5,7-8,10-12,15H,3-4,6,9H2,1-2H3,(H,22,27). The molecule has 146 valence electrons. The normalized spacial score (nSPS) is 21.7. The van der Waals surface area contributed by atoms with Crippen LogP contribution in [-0.2, 0) is 11.0 Å². The minimum atomic E-state index is -4.45. The van der Waals surface area contributed by atoms with Crippen molar-refractivity contribution in [1.82, 2.24) is 25.5 Å². The third-order valence-corrected chi connectivity index (χ3v) is 5.04. The van der Waals surface area contributed by atoms with Gasteiger partial charge in [-0.25, -0.2) is 0 Å². The van der Waals surface area contributed by atoms with Gasteiger partial charge < -0.3 is 5.32 Å². The molecule has 2 aromatic rings. The molecule has 0 bridgehead atoms. The fraction of sp³-hybridized carbons (Fsp3) is 0.556. The number of nitrogens with one attached hydrogen (secondary N) is 1. The molecule has 3 rings (SSSR count). The van der Waals surface area contributed by atoms with Crippen LogP contribution < -0.4 is 5.32 Å². The second-order valence-electron chi connectivity index (χ2n) is 7.06. The van der Waals surface area contributed by atoms with Crippen molar-refractivity contribution in [3.8, 4) is 11.4 Å². The van der Waals surface area contributed by atoms with Crippen LogP contribution in [0.2, 0.25) is 0 Å². The number of nitrogens with zero attached hydrogens (tertiary/aromatic N) is 4. The van der Waals surface area contributed by atoms with E-state index in [0.29, 0.717) is 5.92 Å². The van der Waals surface area contributed by atoms with Gasteiger partial charge in [-0.05, 0) is 43.0 Å². The highest BCUT2D eigenvalue weighted by Crippen LogP contribution is 2.31. The first-order valence-electron chi connectivity index (χ1n) is 9.03. The lowest BCUT2D eigenvalue weighted by atomic mass is 9.86. The molecule has 1 aromatic carbocycles. The van der Waals surface area contributed by atoms with Gasteiger partial charge in [-0.1, -0.05) is 31.9 Å². The highest BCUT2D eigenvalue weighted by atomic mass is 19.4. The molecule has 1 aliphatic rings. The number of halogens is 3. The molecule has 1 heterocycles. The first kappa shape index (κ1) is 19.3. The monoisotopic (exact) mass is 381 g/mol. The number of amides is 1. The molecular weight excluding hydrogens is 359 g/mol. The highest BCUT2D eigenvalue weighted by Gasteiger charge is 2.31. The summed E-state index contributed by atoms with van der Waals surface area (Å²) in [6.45, 7) is 3.76. The van der Waals surface area contributed by atoms with Gasteiger partial charge in [0.1, 0.15) is 6.04 Å². The molecule has 0 radical (unpaired) electrons. The zero-order chi connectivity index (χ0) is 19.6. The van der Waals surface area contributed by atoms with Gasteiger partial charge in [0, 0.05) is 11.6 Å². The maximum absolute atomic E-state index is 12.9. The summed E-state index contributed by atoms with van der Waals surface area (Å²) in [7, 11) is 0. The van der Waals surface area contributed by atoms with Crippen LogP contribution in [0.25, 0.3) is 11.4 Å². The number of alkyl halides is 3. The largest absolute Gasteiger partial charge is 0.416 e. The minimum Gasteiger partial charge on any atom is -0.351 e. The van der Waals surface area contributed by atoms with Gasteiger partial charge in [-0.15, -0.1) is 10.2 Å². The number of carbonyl (C=O) groups excluding carboxylic acids is 1. The molecule has 1 fully saturated rings. The number of rotatable bonds is 4. The summed E-state index contributed by atoms with van der Waals surface area (Å²) in [4.78, 5) is 13.6. The molecule has 1 saturated carbocycles. The average molecular weight is 381 g/mol. The second kappa shape index (κ2) is 7.66. The Balaban J connectivity index is 1.72. The number of tetrazole rings is 1. The lowest BCUT2D eigenvalue weighted by Gasteiger charge is -2.30. The van der Waals surface area contributed by atoms with Crippen molar-refractivity contribution in [2.75, 3.05) is 0 Å². The molecule has 0 aliphatic heterocycles. The molecule has 0 spiro atoms. The van der Waals surface area contributed by atoms with Crippen molar-refractivity contribution in [2.24, 2.45) is 5.92 Å². The molecule has 3 atom stereocenters. The van der Waals surface area contributed by atoms with Gasteiger partial charge in [0.15, 0.2) is 0 Å². The Kier molecular flexibility index (Phi) is 5.48. The van der Waals surface area contributed by atoms with Crippen molar-refractivity contribution in [1.29, 1.82) is 0 Å². The van der Waals surface area contributed by atoms with E-state index in [4.69, 9.17) is 0 Å². The maximum Gasteiger partial charge on any atom is 0.416 e. The van der Waals surface area contributed by atoms with Crippen molar-refractivity contribution in [2.45, 2.75) is 57.8 Å². The van der Waals surface area contributed by atoms with Crippen LogP contribution in [0.5, 0.6) is 0 Å². The number of carbonyl (C=O) groups is 1. The maximum atomic E-state index is 12.9. The van der Waals surface area contributed by atoms with E-state index in [0.717, 1.165) is 36.2 Å². The third kappa shape index (κ3) is 4.45. The van der Waals surface area contributed by atoms with E-state index in [9.17, 15) is 18.0 Å². The SMILES string of the molecule is CC1CCCCC1NC(=O)C(C)n1nnc(-c2cccc(C(F)(F)F)c2)n1. The van der Waals surface area contributed by atoms with Gasteiger partial charge in [-0.3, -0.25) is 4.79 Å². The quantitative estimate of drug-likeness (QED) is 0.878. The van der Waals surface area contributed by atoms with Gasteiger partial charge in [0.2, 0.25) is 11.7 Å². The van der Waals surface area contributed by atoms with Crippen molar-refractivity contribution in [3.63, 3.8) is 0 Å². The van der Waals surface area contributed by atoms with Crippen LogP contribution in [0.4, 0.5) is 13.2 Å². The minimum absolute atomic E-state index is 0.0479. The Morgan fingerprint density at radius 2 is 2.04 bits per heavy atom.